The Hall–Kier alpha value is -2.45. The summed E-state index contributed by atoms with van der Waals surface area (Å²) in [7, 11) is 0. The molecule has 0 aromatic heterocycles. The number of Topliss-reactive ketones (excluding diaryl/α,β-unsaturated/α-hetero) is 1. The third kappa shape index (κ3) is 4.80. The van der Waals surface area contributed by atoms with Gasteiger partial charge >= 0.3 is 0 Å². The van der Waals surface area contributed by atoms with Gasteiger partial charge in [-0.05, 0) is 41.5 Å². The van der Waals surface area contributed by atoms with Crippen LogP contribution in [0.3, 0.4) is 0 Å². The number of ether oxygens (including phenoxy) is 1. The molecule has 3 rings (SSSR count). The zero-order valence-electron chi connectivity index (χ0n) is 15.2. The molecular weight excluding hydrogens is 320 g/mol. The SMILES string of the molecule is C=Cc1ccc(-c2ccc(CC(=C)CC(=O)C3CCOCC3)cc2)cc1. The number of ketones is 1. The van der Waals surface area contributed by atoms with E-state index in [9.17, 15) is 4.79 Å². The average Bonchev–Trinajstić information content (AvgIpc) is 2.69. The Morgan fingerprint density at radius 1 is 1.00 bits per heavy atom. The summed E-state index contributed by atoms with van der Waals surface area (Å²) in [5, 5.41) is 0. The summed E-state index contributed by atoms with van der Waals surface area (Å²) in [6.07, 6.45) is 4.79. The van der Waals surface area contributed by atoms with Crippen molar-refractivity contribution >= 4 is 11.9 Å². The second-order valence-electron chi connectivity index (χ2n) is 6.98. The van der Waals surface area contributed by atoms with Crippen LogP contribution in [0.2, 0.25) is 0 Å². The highest BCUT2D eigenvalue weighted by Crippen LogP contribution is 2.23. The minimum atomic E-state index is 0.154. The van der Waals surface area contributed by atoms with E-state index >= 15 is 0 Å². The van der Waals surface area contributed by atoms with Crippen LogP contribution in [-0.4, -0.2) is 19.0 Å². The highest BCUT2D eigenvalue weighted by molar-refractivity contribution is 5.83. The van der Waals surface area contributed by atoms with Crippen LogP contribution >= 0.6 is 0 Å². The lowest BCUT2D eigenvalue weighted by atomic mass is 9.90. The number of rotatable bonds is 7. The van der Waals surface area contributed by atoms with Crippen molar-refractivity contribution in [3.63, 3.8) is 0 Å². The Labute approximate surface area is 156 Å². The smallest absolute Gasteiger partial charge is 0.140 e. The van der Waals surface area contributed by atoms with Gasteiger partial charge in [-0.2, -0.15) is 0 Å². The molecule has 26 heavy (non-hydrogen) atoms. The molecule has 0 atom stereocenters. The molecule has 2 nitrogen and oxygen atoms in total. The molecule has 1 fully saturated rings. The van der Waals surface area contributed by atoms with Gasteiger partial charge in [0.25, 0.3) is 0 Å². The predicted molar refractivity (Wildman–Crippen MR) is 108 cm³/mol. The number of hydrogen-bond donors (Lipinski definition) is 0. The Morgan fingerprint density at radius 2 is 1.58 bits per heavy atom. The van der Waals surface area contributed by atoms with Crippen molar-refractivity contribution in [2.75, 3.05) is 13.2 Å². The minimum absolute atomic E-state index is 0.154. The molecule has 0 amide bonds. The van der Waals surface area contributed by atoms with Crippen molar-refractivity contribution in [1.29, 1.82) is 0 Å². The zero-order valence-corrected chi connectivity index (χ0v) is 15.2. The first-order valence-corrected chi connectivity index (χ1v) is 9.24. The van der Waals surface area contributed by atoms with Gasteiger partial charge < -0.3 is 4.74 Å². The van der Waals surface area contributed by atoms with Crippen LogP contribution in [0.1, 0.15) is 30.4 Å². The number of carbonyl (C=O) groups is 1. The number of hydrogen-bond acceptors (Lipinski definition) is 2. The van der Waals surface area contributed by atoms with E-state index in [-0.39, 0.29) is 5.92 Å². The molecule has 1 heterocycles. The summed E-state index contributed by atoms with van der Waals surface area (Å²) in [5.74, 6) is 0.471. The second-order valence-corrected chi connectivity index (χ2v) is 6.98. The topological polar surface area (TPSA) is 26.3 Å². The van der Waals surface area contributed by atoms with Gasteiger partial charge in [0.2, 0.25) is 0 Å². The van der Waals surface area contributed by atoms with E-state index in [1.165, 1.54) is 16.7 Å². The first-order chi connectivity index (χ1) is 12.7. The fourth-order valence-electron chi connectivity index (χ4n) is 3.39. The molecule has 2 aromatic rings. The predicted octanol–water partition coefficient (Wildman–Crippen LogP) is 5.48. The fourth-order valence-corrected chi connectivity index (χ4v) is 3.39. The molecule has 2 heteroatoms. The number of allylic oxidation sites excluding steroid dienone is 1. The summed E-state index contributed by atoms with van der Waals surface area (Å²) >= 11 is 0. The third-order valence-corrected chi connectivity index (χ3v) is 4.99. The average molecular weight is 346 g/mol. The standard InChI is InChI=1S/C24H26O2/c1-3-19-4-8-21(9-5-19)22-10-6-20(7-11-22)16-18(2)17-24(25)23-12-14-26-15-13-23/h3-11,23H,1-2,12-17H2. The largest absolute Gasteiger partial charge is 0.381 e. The van der Waals surface area contributed by atoms with Crippen molar-refractivity contribution in [3.8, 4) is 11.1 Å². The molecule has 0 radical (unpaired) electrons. The van der Waals surface area contributed by atoms with Crippen molar-refractivity contribution < 1.29 is 9.53 Å². The maximum atomic E-state index is 12.4. The van der Waals surface area contributed by atoms with E-state index in [0.717, 1.165) is 30.4 Å². The van der Waals surface area contributed by atoms with E-state index in [1.54, 1.807) is 0 Å². The van der Waals surface area contributed by atoms with Gasteiger partial charge in [-0.3, -0.25) is 4.79 Å². The van der Waals surface area contributed by atoms with E-state index in [0.29, 0.717) is 25.4 Å². The molecule has 0 spiro atoms. The molecule has 0 N–H and O–H groups in total. The first kappa shape index (κ1) is 18.3. The molecule has 134 valence electrons. The fraction of sp³-hybridized carbons (Fsp3) is 0.292. The molecule has 1 saturated heterocycles. The molecule has 0 aliphatic carbocycles. The first-order valence-electron chi connectivity index (χ1n) is 9.24. The molecule has 1 aliphatic heterocycles. The Morgan fingerprint density at radius 3 is 2.15 bits per heavy atom. The van der Waals surface area contributed by atoms with Gasteiger partial charge in [0, 0.05) is 25.6 Å². The van der Waals surface area contributed by atoms with Crippen molar-refractivity contribution in [2.45, 2.75) is 25.7 Å². The lowest BCUT2D eigenvalue weighted by Gasteiger charge is -2.21. The van der Waals surface area contributed by atoms with Gasteiger partial charge in [0.15, 0.2) is 0 Å². The van der Waals surface area contributed by atoms with E-state index in [4.69, 9.17) is 4.74 Å². The highest BCUT2D eigenvalue weighted by Gasteiger charge is 2.21. The van der Waals surface area contributed by atoms with Crippen LogP contribution in [0.25, 0.3) is 17.2 Å². The maximum absolute atomic E-state index is 12.4. The van der Waals surface area contributed by atoms with Gasteiger partial charge in [-0.25, -0.2) is 0 Å². The molecule has 0 saturated carbocycles. The molecule has 1 aliphatic rings. The zero-order chi connectivity index (χ0) is 18.4. The van der Waals surface area contributed by atoms with Crippen LogP contribution < -0.4 is 0 Å². The van der Waals surface area contributed by atoms with E-state index < -0.39 is 0 Å². The summed E-state index contributed by atoms with van der Waals surface area (Å²) in [6.45, 7) is 9.32. The summed E-state index contributed by atoms with van der Waals surface area (Å²) < 4.78 is 5.33. The van der Waals surface area contributed by atoms with Gasteiger partial charge in [-0.1, -0.05) is 73.3 Å². The minimum Gasteiger partial charge on any atom is -0.381 e. The third-order valence-electron chi connectivity index (χ3n) is 4.99. The van der Waals surface area contributed by atoms with Crippen molar-refractivity contribution in [3.05, 3.63) is 78.4 Å². The lowest BCUT2D eigenvalue weighted by Crippen LogP contribution is -2.23. The van der Waals surface area contributed by atoms with Gasteiger partial charge in [0.05, 0.1) is 0 Å². The number of benzene rings is 2. The summed E-state index contributed by atoms with van der Waals surface area (Å²) in [4.78, 5) is 12.4. The quantitative estimate of drug-likeness (QED) is 0.620. The normalized spacial score (nSPS) is 14.8. The van der Waals surface area contributed by atoms with Crippen molar-refractivity contribution in [2.24, 2.45) is 5.92 Å². The monoisotopic (exact) mass is 346 g/mol. The molecule has 0 unspecified atom stereocenters. The van der Waals surface area contributed by atoms with Gasteiger partial charge in [-0.15, -0.1) is 0 Å². The lowest BCUT2D eigenvalue weighted by molar-refractivity contribution is -0.125. The van der Waals surface area contributed by atoms with Gasteiger partial charge in [0.1, 0.15) is 5.78 Å². The Bertz CT molecular complexity index is 763. The van der Waals surface area contributed by atoms with E-state index in [1.807, 2.05) is 6.08 Å². The second kappa shape index (κ2) is 8.77. The Balaban J connectivity index is 1.57. The summed E-state index contributed by atoms with van der Waals surface area (Å²) in [5.41, 5.74) is 5.69. The molecular formula is C24H26O2. The van der Waals surface area contributed by atoms with Crippen LogP contribution in [-0.2, 0) is 16.0 Å². The number of carbonyl (C=O) groups excluding carboxylic acids is 1. The Kier molecular flexibility index (Phi) is 6.19. The van der Waals surface area contributed by atoms with Crippen LogP contribution in [0, 0.1) is 5.92 Å². The van der Waals surface area contributed by atoms with Crippen LogP contribution in [0.5, 0.6) is 0 Å². The maximum Gasteiger partial charge on any atom is 0.140 e. The van der Waals surface area contributed by atoms with E-state index in [2.05, 4.69) is 61.7 Å². The molecule has 2 aromatic carbocycles. The highest BCUT2D eigenvalue weighted by atomic mass is 16.5. The van der Waals surface area contributed by atoms with Crippen LogP contribution in [0.15, 0.2) is 67.3 Å². The van der Waals surface area contributed by atoms with Crippen molar-refractivity contribution in [1.82, 2.24) is 0 Å². The summed E-state index contributed by atoms with van der Waals surface area (Å²) in [6, 6.07) is 16.9. The molecule has 0 bridgehead atoms. The van der Waals surface area contributed by atoms with Crippen LogP contribution in [0.4, 0.5) is 0 Å².